The molecule has 1 saturated carbocycles. The van der Waals surface area contributed by atoms with Crippen molar-refractivity contribution in [3.8, 4) is 10.6 Å². The van der Waals surface area contributed by atoms with Crippen LogP contribution in [0, 0.1) is 5.92 Å². The Labute approximate surface area is 169 Å². The summed E-state index contributed by atoms with van der Waals surface area (Å²) in [5, 5.41) is 11.4. The van der Waals surface area contributed by atoms with Gasteiger partial charge in [0.05, 0.1) is 0 Å². The lowest BCUT2D eigenvalue weighted by atomic mass is 9.80. The van der Waals surface area contributed by atoms with Crippen LogP contribution in [0.25, 0.3) is 10.6 Å². The minimum atomic E-state index is 0.645. The summed E-state index contributed by atoms with van der Waals surface area (Å²) in [5.41, 5.74) is 2.66. The largest absolute Gasteiger partial charge is 0.147 e. The molecular weight excluding hydrogens is 348 g/mol. The molecule has 1 aliphatic rings. The molecule has 1 aliphatic carbocycles. The van der Waals surface area contributed by atoms with Crippen LogP contribution < -0.4 is 0 Å². The topological polar surface area (TPSA) is 25.8 Å². The van der Waals surface area contributed by atoms with E-state index in [1.807, 2.05) is 11.3 Å². The maximum absolute atomic E-state index is 4.57. The van der Waals surface area contributed by atoms with Crippen LogP contribution in [0.3, 0.4) is 0 Å². The molecule has 1 aromatic heterocycles. The first-order chi connectivity index (χ1) is 13.3. The third-order valence-corrected chi connectivity index (χ3v) is 7.26. The van der Waals surface area contributed by atoms with Crippen molar-refractivity contribution in [2.75, 3.05) is 0 Å². The Hall–Kier alpha value is -1.22. The fourth-order valence-corrected chi connectivity index (χ4v) is 5.29. The van der Waals surface area contributed by atoms with Gasteiger partial charge in [0, 0.05) is 11.5 Å². The third kappa shape index (κ3) is 6.14. The van der Waals surface area contributed by atoms with Gasteiger partial charge >= 0.3 is 0 Å². The monoisotopic (exact) mass is 384 g/mol. The molecule has 0 bridgehead atoms. The number of benzene rings is 1. The van der Waals surface area contributed by atoms with Gasteiger partial charge in [-0.15, -0.1) is 10.2 Å². The Balaban J connectivity index is 1.49. The summed E-state index contributed by atoms with van der Waals surface area (Å²) in [6.07, 6.45) is 16.1. The van der Waals surface area contributed by atoms with Crippen molar-refractivity contribution in [2.24, 2.45) is 5.92 Å². The van der Waals surface area contributed by atoms with Gasteiger partial charge in [-0.05, 0) is 50.0 Å². The first-order valence-corrected chi connectivity index (χ1v) is 12.0. The van der Waals surface area contributed by atoms with E-state index in [0.29, 0.717) is 5.92 Å². The van der Waals surface area contributed by atoms with Crippen molar-refractivity contribution >= 4 is 11.3 Å². The predicted molar refractivity (Wildman–Crippen MR) is 117 cm³/mol. The number of hydrogen-bond acceptors (Lipinski definition) is 3. The second-order valence-electron chi connectivity index (χ2n) is 8.31. The molecule has 0 spiro atoms. The van der Waals surface area contributed by atoms with Crippen LogP contribution in [0.1, 0.15) is 101 Å². The van der Waals surface area contributed by atoms with E-state index >= 15 is 0 Å². The average molecular weight is 385 g/mol. The molecule has 2 nitrogen and oxygen atoms in total. The minimum absolute atomic E-state index is 0.645. The number of nitrogens with zero attached hydrogens (tertiary/aromatic N) is 2. The molecule has 1 fully saturated rings. The van der Waals surface area contributed by atoms with E-state index in [1.54, 1.807) is 0 Å². The highest BCUT2D eigenvalue weighted by atomic mass is 32.1. The quantitative estimate of drug-likeness (QED) is 0.391. The normalized spacial score (nSPS) is 20.1. The second-order valence-corrected chi connectivity index (χ2v) is 9.32. The summed E-state index contributed by atoms with van der Waals surface area (Å²) in [5.74, 6) is 1.60. The van der Waals surface area contributed by atoms with Crippen LogP contribution in [0.4, 0.5) is 0 Å². The molecule has 0 unspecified atom stereocenters. The lowest BCUT2D eigenvalue weighted by molar-refractivity contribution is 0.301. The van der Waals surface area contributed by atoms with Gasteiger partial charge in [-0.25, -0.2) is 0 Å². The van der Waals surface area contributed by atoms with E-state index in [0.717, 1.165) is 10.9 Å². The summed E-state index contributed by atoms with van der Waals surface area (Å²) in [7, 11) is 0. The van der Waals surface area contributed by atoms with E-state index < -0.39 is 0 Å². The smallest absolute Gasteiger partial charge is 0.143 e. The minimum Gasteiger partial charge on any atom is -0.143 e. The maximum Gasteiger partial charge on any atom is 0.147 e. The highest BCUT2D eigenvalue weighted by Gasteiger charge is 2.25. The third-order valence-electron chi connectivity index (χ3n) is 6.12. The molecule has 2 aromatic rings. The summed E-state index contributed by atoms with van der Waals surface area (Å²) in [6, 6.07) is 8.97. The van der Waals surface area contributed by atoms with Gasteiger partial charge in [-0.1, -0.05) is 88.0 Å². The van der Waals surface area contributed by atoms with Gasteiger partial charge in [0.25, 0.3) is 0 Å². The van der Waals surface area contributed by atoms with E-state index in [-0.39, 0.29) is 0 Å². The molecule has 148 valence electrons. The van der Waals surface area contributed by atoms with Crippen molar-refractivity contribution in [1.82, 2.24) is 10.2 Å². The maximum atomic E-state index is 4.57. The van der Waals surface area contributed by atoms with Crippen LogP contribution in [0.2, 0.25) is 0 Å². The van der Waals surface area contributed by atoms with Gasteiger partial charge in [0.15, 0.2) is 0 Å². The Kier molecular flexibility index (Phi) is 8.32. The average Bonchev–Trinajstić information content (AvgIpc) is 3.21. The zero-order valence-corrected chi connectivity index (χ0v) is 18.1. The Bertz CT molecular complexity index is 653. The number of aromatic nitrogens is 2. The van der Waals surface area contributed by atoms with Crippen LogP contribution in [0.5, 0.6) is 0 Å². The first-order valence-electron chi connectivity index (χ1n) is 11.2. The molecule has 0 amide bonds. The van der Waals surface area contributed by atoms with Crippen molar-refractivity contribution in [3.63, 3.8) is 0 Å². The van der Waals surface area contributed by atoms with Crippen molar-refractivity contribution in [1.29, 1.82) is 0 Å². The Morgan fingerprint density at radius 2 is 1.59 bits per heavy atom. The van der Waals surface area contributed by atoms with Crippen LogP contribution in [-0.4, -0.2) is 10.2 Å². The standard InChI is InChI=1S/C24H36N2S/c1-3-5-7-8-10-20-13-17-22(18-14-20)24-26-25-23(27-24)21-15-11-19(12-16-21)9-6-4-2/h11-12,15-16,20,22H,3-10,13-14,17-18H2,1-2H3. The first kappa shape index (κ1) is 20.5. The van der Waals surface area contributed by atoms with Crippen LogP contribution in [-0.2, 0) is 6.42 Å². The van der Waals surface area contributed by atoms with E-state index in [2.05, 4.69) is 48.3 Å². The SMILES string of the molecule is CCCCCCC1CCC(c2nnc(-c3ccc(CCCC)cc3)s2)CC1. The van der Waals surface area contributed by atoms with Crippen molar-refractivity contribution in [2.45, 2.75) is 96.8 Å². The van der Waals surface area contributed by atoms with Gasteiger partial charge < -0.3 is 0 Å². The lowest BCUT2D eigenvalue weighted by Crippen LogP contribution is -2.13. The molecule has 3 rings (SSSR count). The molecule has 1 heterocycles. The molecule has 0 aliphatic heterocycles. The molecule has 3 heteroatoms. The Morgan fingerprint density at radius 1 is 0.852 bits per heavy atom. The Morgan fingerprint density at radius 3 is 2.30 bits per heavy atom. The highest BCUT2D eigenvalue weighted by molar-refractivity contribution is 7.14. The zero-order chi connectivity index (χ0) is 18.9. The highest BCUT2D eigenvalue weighted by Crippen LogP contribution is 2.40. The molecule has 27 heavy (non-hydrogen) atoms. The second kappa shape index (κ2) is 10.9. The van der Waals surface area contributed by atoms with Crippen LogP contribution >= 0.6 is 11.3 Å². The summed E-state index contributed by atoms with van der Waals surface area (Å²) < 4.78 is 0. The van der Waals surface area contributed by atoms with Gasteiger partial charge in [0.2, 0.25) is 0 Å². The number of rotatable bonds is 10. The van der Waals surface area contributed by atoms with Gasteiger partial charge in [0.1, 0.15) is 10.0 Å². The van der Waals surface area contributed by atoms with Gasteiger partial charge in [-0.3, -0.25) is 0 Å². The zero-order valence-electron chi connectivity index (χ0n) is 17.3. The fraction of sp³-hybridized carbons (Fsp3) is 0.667. The number of aryl methyl sites for hydroxylation is 1. The molecule has 0 radical (unpaired) electrons. The van der Waals surface area contributed by atoms with E-state index in [1.165, 1.54) is 93.2 Å². The molecule has 0 saturated heterocycles. The van der Waals surface area contributed by atoms with E-state index in [4.69, 9.17) is 0 Å². The molecule has 1 aromatic carbocycles. The number of hydrogen-bond donors (Lipinski definition) is 0. The summed E-state index contributed by atoms with van der Waals surface area (Å²) >= 11 is 1.82. The number of unbranched alkanes of at least 4 members (excludes halogenated alkanes) is 4. The summed E-state index contributed by atoms with van der Waals surface area (Å²) in [6.45, 7) is 4.54. The molecular formula is C24H36N2S. The van der Waals surface area contributed by atoms with E-state index in [9.17, 15) is 0 Å². The lowest BCUT2D eigenvalue weighted by Gasteiger charge is -2.27. The molecule has 0 atom stereocenters. The summed E-state index contributed by atoms with van der Waals surface area (Å²) in [4.78, 5) is 0. The van der Waals surface area contributed by atoms with Crippen molar-refractivity contribution in [3.05, 3.63) is 34.8 Å². The van der Waals surface area contributed by atoms with Crippen LogP contribution in [0.15, 0.2) is 24.3 Å². The predicted octanol–water partition coefficient (Wildman–Crippen LogP) is 7.79. The fourth-order valence-electron chi connectivity index (χ4n) is 4.27. The van der Waals surface area contributed by atoms with Gasteiger partial charge in [-0.2, -0.15) is 0 Å². The molecule has 0 N–H and O–H groups in total. The van der Waals surface area contributed by atoms with Crippen molar-refractivity contribution < 1.29 is 0 Å².